The molecule has 0 unspecified atom stereocenters. The van der Waals surface area contributed by atoms with E-state index in [0.29, 0.717) is 4.88 Å². The number of thiazole rings is 1. The number of hydrogen-bond acceptors (Lipinski definition) is 6. The van der Waals surface area contributed by atoms with Crippen LogP contribution >= 0.6 is 11.3 Å². The Balaban J connectivity index is 1.94. The molecule has 0 aliphatic carbocycles. The number of piperidine rings is 1. The standard InChI is InChI=1S/C13H21N5O2S/c1-15-9(19)5-6-16-12(20)10-11(14)17-13(21-10)18-7-3-2-4-8-18/h2-8,14H2,1H3,(H,15,19)(H,16,20). The van der Waals surface area contributed by atoms with E-state index in [1.807, 2.05) is 0 Å². The van der Waals surface area contributed by atoms with Gasteiger partial charge in [0.2, 0.25) is 5.91 Å². The van der Waals surface area contributed by atoms with Crippen molar-refractivity contribution in [1.82, 2.24) is 15.6 Å². The highest BCUT2D eigenvalue weighted by atomic mass is 32.1. The molecule has 0 atom stereocenters. The average molecular weight is 311 g/mol. The first-order valence-corrected chi connectivity index (χ1v) is 7.93. The summed E-state index contributed by atoms with van der Waals surface area (Å²) in [6.45, 7) is 2.21. The largest absolute Gasteiger partial charge is 0.382 e. The molecule has 21 heavy (non-hydrogen) atoms. The van der Waals surface area contributed by atoms with Crippen molar-refractivity contribution >= 4 is 34.1 Å². The zero-order valence-electron chi connectivity index (χ0n) is 12.1. The van der Waals surface area contributed by atoms with E-state index < -0.39 is 0 Å². The maximum absolute atomic E-state index is 12.1. The zero-order chi connectivity index (χ0) is 15.2. The second kappa shape index (κ2) is 7.26. The fourth-order valence-electron chi connectivity index (χ4n) is 2.20. The smallest absolute Gasteiger partial charge is 0.265 e. The van der Waals surface area contributed by atoms with Crippen LogP contribution in [0, 0.1) is 0 Å². The monoisotopic (exact) mass is 311 g/mol. The quantitative estimate of drug-likeness (QED) is 0.738. The Labute approximate surface area is 127 Å². The van der Waals surface area contributed by atoms with Gasteiger partial charge in [0.1, 0.15) is 10.7 Å². The van der Waals surface area contributed by atoms with E-state index in [9.17, 15) is 9.59 Å². The van der Waals surface area contributed by atoms with Crippen molar-refractivity contribution in [2.45, 2.75) is 25.7 Å². The minimum Gasteiger partial charge on any atom is -0.382 e. The van der Waals surface area contributed by atoms with Gasteiger partial charge in [-0.25, -0.2) is 4.98 Å². The fraction of sp³-hybridized carbons (Fsp3) is 0.615. The van der Waals surface area contributed by atoms with Gasteiger partial charge in [0.25, 0.3) is 5.91 Å². The second-order valence-electron chi connectivity index (χ2n) is 4.94. The zero-order valence-corrected chi connectivity index (χ0v) is 13.0. The highest BCUT2D eigenvalue weighted by Crippen LogP contribution is 2.29. The summed E-state index contributed by atoms with van der Waals surface area (Å²) in [6, 6.07) is 0. The molecule has 4 N–H and O–H groups in total. The average Bonchev–Trinajstić information content (AvgIpc) is 2.90. The van der Waals surface area contributed by atoms with Gasteiger partial charge in [-0.3, -0.25) is 9.59 Å². The lowest BCUT2D eigenvalue weighted by atomic mass is 10.1. The molecular formula is C13H21N5O2S. The number of nitrogen functional groups attached to an aromatic ring is 1. The lowest BCUT2D eigenvalue weighted by Crippen LogP contribution is -2.29. The molecule has 1 aliphatic heterocycles. The molecule has 7 nitrogen and oxygen atoms in total. The van der Waals surface area contributed by atoms with Crippen molar-refractivity contribution in [3.63, 3.8) is 0 Å². The summed E-state index contributed by atoms with van der Waals surface area (Å²) >= 11 is 1.32. The Kier molecular flexibility index (Phi) is 5.38. The number of nitrogens with zero attached hydrogens (tertiary/aromatic N) is 2. The molecule has 1 saturated heterocycles. The van der Waals surface area contributed by atoms with Gasteiger partial charge in [-0.05, 0) is 19.3 Å². The highest BCUT2D eigenvalue weighted by Gasteiger charge is 2.20. The number of carbonyl (C=O) groups is 2. The predicted molar refractivity (Wildman–Crippen MR) is 83.6 cm³/mol. The molecule has 0 aromatic carbocycles. The first-order valence-electron chi connectivity index (χ1n) is 7.12. The van der Waals surface area contributed by atoms with Crippen LogP contribution in [0.2, 0.25) is 0 Å². The highest BCUT2D eigenvalue weighted by molar-refractivity contribution is 7.18. The minimum atomic E-state index is -0.267. The number of amides is 2. The van der Waals surface area contributed by atoms with Gasteiger partial charge < -0.3 is 21.3 Å². The van der Waals surface area contributed by atoms with E-state index in [4.69, 9.17) is 5.73 Å². The molecule has 2 heterocycles. The Morgan fingerprint density at radius 3 is 2.71 bits per heavy atom. The van der Waals surface area contributed by atoms with Crippen LogP contribution in [-0.2, 0) is 4.79 Å². The van der Waals surface area contributed by atoms with Crippen LogP contribution in [0.1, 0.15) is 35.4 Å². The Morgan fingerprint density at radius 1 is 1.33 bits per heavy atom. The first kappa shape index (κ1) is 15.6. The topological polar surface area (TPSA) is 100 Å². The maximum Gasteiger partial charge on any atom is 0.265 e. The molecule has 1 aromatic heterocycles. The molecule has 0 radical (unpaired) electrons. The molecule has 1 aromatic rings. The molecule has 0 spiro atoms. The summed E-state index contributed by atoms with van der Waals surface area (Å²) < 4.78 is 0. The molecule has 2 rings (SSSR count). The summed E-state index contributed by atoms with van der Waals surface area (Å²) in [5.74, 6) is -0.114. The normalized spacial score (nSPS) is 14.8. The van der Waals surface area contributed by atoms with E-state index >= 15 is 0 Å². The van der Waals surface area contributed by atoms with Crippen molar-refractivity contribution in [1.29, 1.82) is 0 Å². The molecule has 0 bridgehead atoms. The number of nitrogens with one attached hydrogen (secondary N) is 2. The first-order chi connectivity index (χ1) is 10.1. The molecular weight excluding hydrogens is 290 g/mol. The van der Waals surface area contributed by atoms with Gasteiger partial charge in [0.05, 0.1) is 0 Å². The number of rotatable bonds is 5. The third-order valence-corrected chi connectivity index (χ3v) is 4.52. The van der Waals surface area contributed by atoms with Crippen molar-refractivity contribution in [2.24, 2.45) is 0 Å². The van der Waals surface area contributed by atoms with Gasteiger partial charge >= 0.3 is 0 Å². The number of anilines is 2. The van der Waals surface area contributed by atoms with Crippen LogP contribution in [0.3, 0.4) is 0 Å². The summed E-state index contributed by atoms with van der Waals surface area (Å²) in [5.41, 5.74) is 5.84. The van der Waals surface area contributed by atoms with Gasteiger partial charge in [-0.15, -0.1) is 0 Å². The van der Waals surface area contributed by atoms with E-state index in [-0.39, 0.29) is 30.6 Å². The molecule has 2 amide bonds. The number of carbonyl (C=O) groups excluding carboxylic acids is 2. The molecule has 1 aliphatic rings. The van der Waals surface area contributed by atoms with Crippen LogP contribution < -0.4 is 21.3 Å². The van der Waals surface area contributed by atoms with Crippen molar-refractivity contribution in [3.8, 4) is 0 Å². The van der Waals surface area contributed by atoms with Gasteiger partial charge in [-0.1, -0.05) is 11.3 Å². The Hall–Kier alpha value is -1.83. The number of hydrogen-bond donors (Lipinski definition) is 3. The molecule has 0 saturated carbocycles. The van der Waals surface area contributed by atoms with Crippen molar-refractivity contribution < 1.29 is 9.59 Å². The minimum absolute atomic E-state index is 0.110. The van der Waals surface area contributed by atoms with Crippen LogP contribution in [0.25, 0.3) is 0 Å². The third-order valence-electron chi connectivity index (χ3n) is 3.39. The van der Waals surface area contributed by atoms with Crippen molar-refractivity contribution in [3.05, 3.63) is 4.88 Å². The van der Waals surface area contributed by atoms with Gasteiger partial charge in [0.15, 0.2) is 5.13 Å². The van der Waals surface area contributed by atoms with E-state index in [1.54, 1.807) is 7.05 Å². The van der Waals surface area contributed by atoms with E-state index in [2.05, 4.69) is 20.5 Å². The number of nitrogens with two attached hydrogens (primary N) is 1. The lowest BCUT2D eigenvalue weighted by molar-refractivity contribution is -0.120. The Morgan fingerprint density at radius 2 is 2.05 bits per heavy atom. The summed E-state index contributed by atoms with van der Waals surface area (Å²) in [4.78, 5) is 30.1. The summed E-state index contributed by atoms with van der Waals surface area (Å²) in [6.07, 6.45) is 3.78. The summed E-state index contributed by atoms with van der Waals surface area (Å²) in [7, 11) is 1.57. The predicted octanol–water partition coefficient (Wildman–Crippen LogP) is 0.581. The Bertz CT molecular complexity index is 511. The maximum atomic E-state index is 12.1. The van der Waals surface area contributed by atoms with Crippen LogP contribution in [0.4, 0.5) is 10.9 Å². The molecule has 8 heteroatoms. The SMILES string of the molecule is CNC(=O)CCNC(=O)c1sc(N2CCCCC2)nc1N. The summed E-state index contributed by atoms with van der Waals surface area (Å²) in [5, 5.41) is 6.01. The van der Waals surface area contributed by atoms with Crippen LogP contribution in [0.5, 0.6) is 0 Å². The van der Waals surface area contributed by atoms with Gasteiger partial charge in [-0.2, -0.15) is 0 Å². The van der Waals surface area contributed by atoms with Crippen molar-refractivity contribution in [2.75, 3.05) is 37.3 Å². The van der Waals surface area contributed by atoms with E-state index in [1.165, 1.54) is 17.8 Å². The second-order valence-corrected chi connectivity index (χ2v) is 5.92. The van der Waals surface area contributed by atoms with E-state index in [0.717, 1.165) is 31.1 Å². The van der Waals surface area contributed by atoms with Crippen LogP contribution in [-0.4, -0.2) is 43.5 Å². The lowest BCUT2D eigenvalue weighted by Gasteiger charge is -2.25. The molecule has 1 fully saturated rings. The molecule has 116 valence electrons. The fourth-order valence-corrected chi connectivity index (χ4v) is 3.15. The number of aromatic nitrogens is 1. The third kappa shape index (κ3) is 4.07. The van der Waals surface area contributed by atoms with Crippen LogP contribution in [0.15, 0.2) is 0 Å². The van der Waals surface area contributed by atoms with Gasteiger partial charge in [0, 0.05) is 33.1 Å².